The molecule has 0 N–H and O–H groups in total. The van der Waals surface area contributed by atoms with Gasteiger partial charge in [0.25, 0.3) is 0 Å². The van der Waals surface area contributed by atoms with Gasteiger partial charge in [-0.2, -0.15) is 13.2 Å². The van der Waals surface area contributed by atoms with Crippen molar-refractivity contribution in [3.8, 4) is 0 Å². The molecule has 186 valence electrons. The van der Waals surface area contributed by atoms with Gasteiger partial charge in [-0.3, -0.25) is 4.79 Å². The van der Waals surface area contributed by atoms with Crippen LogP contribution in [0.4, 0.5) is 19.0 Å². The first-order chi connectivity index (χ1) is 16.1. The molecular formula is C26H35F3N4O. The topological polar surface area (TPSA) is 49.3 Å². The van der Waals surface area contributed by atoms with Crippen LogP contribution < -0.4 is 4.90 Å². The minimum absolute atomic E-state index is 0.0755. The Labute approximate surface area is 200 Å². The molecule has 0 bridgehead atoms. The van der Waals surface area contributed by atoms with Crippen molar-refractivity contribution < 1.29 is 18.0 Å². The Hall–Kier alpha value is -2.64. The first kappa shape index (κ1) is 26.0. The van der Waals surface area contributed by atoms with Crippen LogP contribution in [-0.2, 0) is 17.4 Å². The van der Waals surface area contributed by atoms with Crippen LogP contribution in [0.2, 0.25) is 0 Å². The third-order valence-electron chi connectivity index (χ3n) is 6.58. The first-order valence-corrected chi connectivity index (χ1v) is 12.2. The number of nitrogens with zero attached hydrogens (tertiary/aromatic N) is 4. The van der Waals surface area contributed by atoms with Gasteiger partial charge in [0.05, 0.1) is 5.56 Å². The van der Waals surface area contributed by atoms with Crippen molar-refractivity contribution in [1.82, 2.24) is 14.9 Å². The van der Waals surface area contributed by atoms with Crippen molar-refractivity contribution in [3.05, 3.63) is 52.5 Å². The molecule has 1 unspecified atom stereocenters. The van der Waals surface area contributed by atoms with Crippen LogP contribution >= 0.6 is 0 Å². The van der Waals surface area contributed by atoms with E-state index in [0.717, 1.165) is 48.8 Å². The molecule has 34 heavy (non-hydrogen) atoms. The van der Waals surface area contributed by atoms with E-state index in [1.807, 2.05) is 18.7 Å². The number of alkyl halides is 3. The molecule has 0 aliphatic carbocycles. The maximum atomic E-state index is 13.2. The van der Waals surface area contributed by atoms with Crippen LogP contribution in [0.3, 0.4) is 0 Å². The van der Waals surface area contributed by atoms with Gasteiger partial charge < -0.3 is 9.80 Å². The van der Waals surface area contributed by atoms with E-state index in [4.69, 9.17) is 0 Å². The van der Waals surface area contributed by atoms with Gasteiger partial charge in [0.2, 0.25) is 5.91 Å². The fourth-order valence-electron chi connectivity index (χ4n) is 4.60. The van der Waals surface area contributed by atoms with Gasteiger partial charge in [-0.15, -0.1) is 0 Å². The summed E-state index contributed by atoms with van der Waals surface area (Å²) in [5, 5.41) is 0. The second kappa shape index (κ2) is 11.2. The molecule has 1 aromatic heterocycles. The highest BCUT2D eigenvalue weighted by Gasteiger charge is 2.31. The summed E-state index contributed by atoms with van der Waals surface area (Å²) in [6, 6.07) is 5.43. The smallest absolute Gasteiger partial charge is 0.353 e. The maximum Gasteiger partial charge on any atom is 0.416 e. The highest BCUT2D eigenvalue weighted by Crippen LogP contribution is 2.31. The predicted molar refractivity (Wildman–Crippen MR) is 128 cm³/mol. The summed E-state index contributed by atoms with van der Waals surface area (Å²) >= 11 is 0. The summed E-state index contributed by atoms with van der Waals surface area (Å²) in [4.78, 5) is 26.2. The van der Waals surface area contributed by atoms with Gasteiger partial charge in [-0.05, 0) is 38.3 Å². The number of aryl methyl sites for hydroxylation is 2. The number of piperazine rings is 1. The average Bonchev–Trinajstić information content (AvgIpc) is 2.81. The number of hydrogen-bond acceptors (Lipinski definition) is 4. The van der Waals surface area contributed by atoms with Gasteiger partial charge >= 0.3 is 6.18 Å². The minimum atomic E-state index is -4.38. The summed E-state index contributed by atoms with van der Waals surface area (Å²) in [6.07, 6.45) is -0.142. The van der Waals surface area contributed by atoms with Crippen LogP contribution in [-0.4, -0.2) is 47.0 Å². The van der Waals surface area contributed by atoms with Gasteiger partial charge in [0, 0.05) is 49.8 Å². The van der Waals surface area contributed by atoms with Crippen LogP contribution in [0.15, 0.2) is 24.3 Å². The molecule has 1 atom stereocenters. The third kappa shape index (κ3) is 6.27. The lowest BCUT2D eigenvalue weighted by Crippen LogP contribution is -2.51. The first-order valence-electron chi connectivity index (χ1n) is 12.2. The van der Waals surface area contributed by atoms with E-state index in [1.54, 1.807) is 6.07 Å². The lowest BCUT2D eigenvalue weighted by molar-refractivity contribution is -0.138. The largest absolute Gasteiger partial charge is 0.416 e. The zero-order chi connectivity index (χ0) is 24.9. The van der Waals surface area contributed by atoms with E-state index < -0.39 is 11.7 Å². The standard InChI is InChI=1S/C26H35F3N4O/c1-5-7-10-21(6-2)25(34)33-14-12-32(13-15-33)24-23(18(3)30-19(4)31-24)17-20-9-8-11-22(16-20)26(27,28)29/h8-9,11,16,21H,5-7,10,12-15,17H2,1-4H3. The lowest BCUT2D eigenvalue weighted by atomic mass is 9.97. The third-order valence-corrected chi connectivity index (χ3v) is 6.58. The Kier molecular flexibility index (Phi) is 8.55. The number of benzene rings is 1. The number of rotatable bonds is 8. The molecule has 8 heteroatoms. The summed E-state index contributed by atoms with van der Waals surface area (Å²) in [7, 11) is 0. The van der Waals surface area contributed by atoms with Crippen molar-refractivity contribution in [2.75, 3.05) is 31.1 Å². The monoisotopic (exact) mass is 476 g/mol. The van der Waals surface area contributed by atoms with Crippen molar-refractivity contribution in [1.29, 1.82) is 0 Å². The van der Waals surface area contributed by atoms with E-state index >= 15 is 0 Å². The van der Waals surface area contributed by atoms with Crippen LogP contribution in [0.25, 0.3) is 0 Å². The van der Waals surface area contributed by atoms with Gasteiger partial charge in [-0.25, -0.2) is 9.97 Å². The Morgan fingerprint density at radius 1 is 1.09 bits per heavy atom. The average molecular weight is 477 g/mol. The van der Waals surface area contributed by atoms with E-state index in [2.05, 4.69) is 28.7 Å². The molecule has 3 rings (SSSR count). The van der Waals surface area contributed by atoms with Gasteiger partial charge in [0.15, 0.2) is 0 Å². The molecule has 1 fully saturated rings. The number of carbonyl (C=O) groups excluding carboxylic acids is 1. The molecular weight excluding hydrogens is 441 g/mol. The molecule has 2 aromatic rings. The summed E-state index contributed by atoms with van der Waals surface area (Å²) in [5.74, 6) is 1.69. The summed E-state index contributed by atoms with van der Waals surface area (Å²) in [5.41, 5.74) is 1.52. The van der Waals surface area contributed by atoms with Crippen molar-refractivity contribution in [2.45, 2.75) is 66.0 Å². The predicted octanol–water partition coefficient (Wildman–Crippen LogP) is 5.57. The molecule has 5 nitrogen and oxygen atoms in total. The Balaban J connectivity index is 1.78. The Morgan fingerprint density at radius 3 is 2.41 bits per heavy atom. The fraction of sp³-hybridized carbons (Fsp3) is 0.577. The van der Waals surface area contributed by atoms with Crippen molar-refractivity contribution in [2.24, 2.45) is 5.92 Å². The second-order valence-electron chi connectivity index (χ2n) is 9.09. The van der Waals surface area contributed by atoms with Gasteiger partial charge in [0.1, 0.15) is 11.6 Å². The van der Waals surface area contributed by atoms with Crippen molar-refractivity contribution >= 4 is 11.7 Å². The number of hydrogen-bond donors (Lipinski definition) is 0. The SMILES string of the molecule is CCCCC(CC)C(=O)N1CCN(c2nc(C)nc(C)c2Cc2cccc(C(F)(F)F)c2)CC1. The highest BCUT2D eigenvalue weighted by molar-refractivity contribution is 5.79. The van der Waals surface area contributed by atoms with E-state index in [1.165, 1.54) is 12.1 Å². The number of halogens is 3. The number of unbranched alkanes of at least 4 members (excludes halogenated alkanes) is 1. The summed E-state index contributed by atoms with van der Waals surface area (Å²) < 4.78 is 39.6. The fourth-order valence-corrected chi connectivity index (χ4v) is 4.60. The zero-order valence-electron chi connectivity index (χ0n) is 20.6. The van der Waals surface area contributed by atoms with Gasteiger partial charge in [-0.1, -0.05) is 44.9 Å². The quantitative estimate of drug-likeness (QED) is 0.500. The number of amides is 1. The van der Waals surface area contributed by atoms with Crippen LogP contribution in [0.1, 0.15) is 67.7 Å². The van der Waals surface area contributed by atoms with E-state index in [9.17, 15) is 18.0 Å². The number of aromatic nitrogens is 2. The maximum absolute atomic E-state index is 13.2. The second-order valence-corrected chi connectivity index (χ2v) is 9.09. The molecule has 1 amide bonds. The lowest BCUT2D eigenvalue weighted by Gasteiger charge is -2.38. The molecule has 0 saturated carbocycles. The molecule has 1 aliphatic heterocycles. The normalized spacial score (nSPS) is 15.5. The molecule has 2 heterocycles. The van der Waals surface area contributed by atoms with Crippen LogP contribution in [0.5, 0.6) is 0 Å². The molecule has 1 saturated heterocycles. The molecule has 0 spiro atoms. The van der Waals surface area contributed by atoms with E-state index in [0.29, 0.717) is 44.0 Å². The summed E-state index contributed by atoms with van der Waals surface area (Å²) in [6.45, 7) is 10.4. The molecule has 0 radical (unpaired) electrons. The highest BCUT2D eigenvalue weighted by atomic mass is 19.4. The zero-order valence-corrected chi connectivity index (χ0v) is 20.6. The molecule has 1 aromatic carbocycles. The van der Waals surface area contributed by atoms with Crippen LogP contribution in [0, 0.1) is 19.8 Å². The Bertz CT molecular complexity index is 984. The molecule has 1 aliphatic rings. The Morgan fingerprint density at radius 2 is 1.79 bits per heavy atom. The van der Waals surface area contributed by atoms with E-state index in [-0.39, 0.29) is 11.8 Å². The van der Waals surface area contributed by atoms with Crippen molar-refractivity contribution in [3.63, 3.8) is 0 Å². The number of anilines is 1. The minimum Gasteiger partial charge on any atom is -0.353 e. The number of carbonyl (C=O) groups is 1.